The summed E-state index contributed by atoms with van der Waals surface area (Å²) in [5.74, 6) is 0.384. The largest absolute Gasteiger partial charge is 0.416 e. The Labute approximate surface area is 144 Å². The lowest BCUT2D eigenvalue weighted by molar-refractivity contribution is -0.0689. The van der Waals surface area contributed by atoms with E-state index in [0.29, 0.717) is 16.2 Å². The van der Waals surface area contributed by atoms with Gasteiger partial charge in [-0.25, -0.2) is 0 Å². The summed E-state index contributed by atoms with van der Waals surface area (Å²) < 4.78 is 39.7. The molecule has 0 amide bonds. The van der Waals surface area contributed by atoms with E-state index in [2.05, 4.69) is 6.26 Å². The summed E-state index contributed by atoms with van der Waals surface area (Å²) in [6.45, 7) is 0. The summed E-state index contributed by atoms with van der Waals surface area (Å²) in [4.78, 5) is 0. The number of hydrogen-bond donors (Lipinski definition) is 0. The molecule has 1 aliphatic carbocycles. The lowest BCUT2D eigenvalue weighted by Gasteiger charge is -2.25. The van der Waals surface area contributed by atoms with E-state index in [0.717, 1.165) is 25.7 Å². The molecule has 1 saturated carbocycles. The molecule has 126 valence electrons. The average Bonchev–Trinajstić information content (AvgIpc) is 2.52. The molecule has 0 spiro atoms. The summed E-state index contributed by atoms with van der Waals surface area (Å²) in [6.07, 6.45) is 6.77. The topological polar surface area (TPSA) is 0 Å². The van der Waals surface area contributed by atoms with Gasteiger partial charge in [-0.05, 0) is 61.6 Å². The molecule has 1 aromatic carbocycles. The van der Waals surface area contributed by atoms with Crippen LogP contribution in [0.5, 0.6) is 0 Å². The summed E-state index contributed by atoms with van der Waals surface area (Å²) in [6, 6.07) is 5.76. The van der Waals surface area contributed by atoms with Crippen molar-refractivity contribution in [3.8, 4) is 0 Å². The van der Waals surface area contributed by atoms with Crippen molar-refractivity contribution >= 4 is 28.9 Å². The fraction of sp³-hybridized carbons (Fsp3) is 0.444. The number of hydrogen-bond acceptors (Lipinski definition) is 1. The van der Waals surface area contributed by atoms with Crippen molar-refractivity contribution in [1.82, 2.24) is 0 Å². The minimum atomic E-state index is -4.38. The number of halogens is 4. The van der Waals surface area contributed by atoms with Gasteiger partial charge in [0, 0.05) is 10.3 Å². The molecule has 1 aromatic rings. The third-order valence-corrected chi connectivity index (χ3v) is 5.55. The van der Waals surface area contributed by atoms with Crippen molar-refractivity contribution in [2.75, 3.05) is 6.26 Å². The Morgan fingerprint density at radius 1 is 1.13 bits per heavy atom. The Hall–Kier alpha value is -0.870. The van der Waals surface area contributed by atoms with Gasteiger partial charge in [0.15, 0.2) is 0 Å². The number of benzene rings is 1. The Bertz CT molecular complexity index is 553. The number of allylic oxidation sites excluding steroid dienone is 4. The molecular formula is C18H20ClF3S. The van der Waals surface area contributed by atoms with Gasteiger partial charge in [-0.3, -0.25) is 0 Å². The third kappa shape index (κ3) is 5.61. The van der Waals surface area contributed by atoms with Gasteiger partial charge in [0.2, 0.25) is 0 Å². The van der Waals surface area contributed by atoms with Crippen molar-refractivity contribution in [3.63, 3.8) is 0 Å². The van der Waals surface area contributed by atoms with Crippen LogP contribution < -0.4 is 0 Å². The van der Waals surface area contributed by atoms with Crippen LogP contribution in [-0.4, -0.2) is 17.7 Å². The molecule has 5 heteroatoms. The highest BCUT2D eigenvalue weighted by molar-refractivity contribution is 7.99. The van der Waals surface area contributed by atoms with Crippen molar-refractivity contribution < 1.29 is 13.2 Å². The van der Waals surface area contributed by atoms with Crippen LogP contribution in [0, 0.1) is 5.92 Å². The molecule has 0 bridgehead atoms. The lowest BCUT2D eigenvalue weighted by Crippen LogP contribution is -2.14. The van der Waals surface area contributed by atoms with Crippen molar-refractivity contribution in [1.29, 1.82) is 0 Å². The molecule has 0 saturated heterocycles. The van der Waals surface area contributed by atoms with Gasteiger partial charge in [0.25, 0.3) is 0 Å². The Morgan fingerprint density at radius 3 is 2.26 bits per heavy atom. The predicted octanol–water partition coefficient (Wildman–Crippen LogP) is 6.76. The first kappa shape index (κ1) is 18.5. The van der Waals surface area contributed by atoms with Crippen LogP contribution in [0.4, 0.5) is 13.2 Å². The molecule has 2 rings (SSSR count). The Morgan fingerprint density at radius 2 is 1.74 bits per heavy atom. The molecule has 1 aliphatic rings. The summed E-state index contributed by atoms with van der Waals surface area (Å²) >= 11 is 7.63. The number of rotatable bonds is 4. The maximum Gasteiger partial charge on any atom is 0.416 e. The van der Waals surface area contributed by atoms with E-state index in [4.69, 9.17) is 11.6 Å². The standard InChI is InChI=1S/C18H20ClF3S/c1-23-16-11-5-13(6-12-16)3-2-4-17(18(20,21)22)14-7-9-15(19)10-8-14/h2-4,7-10,13,16H,5-6,11-12H2,1H3/b3-2+,17-4-. The molecule has 0 heterocycles. The fourth-order valence-electron chi connectivity index (χ4n) is 2.81. The maximum absolute atomic E-state index is 13.2. The van der Waals surface area contributed by atoms with Crippen molar-refractivity contribution in [2.45, 2.75) is 37.1 Å². The molecule has 0 unspecified atom stereocenters. The molecule has 0 radical (unpaired) electrons. The monoisotopic (exact) mass is 360 g/mol. The minimum Gasteiger partial charge on any atom is -0.166 e. The molecule has 0 nitrogen and oxygen atoms in total. The molecule has 0 N–H and O–H groups in total. The van der Waals surface area contributed by atoms with Crippen molar-refractivity contribution in [2.24, 2.45) is 5.92 Å². The van der Waals surface area contributed by atoms with Crippen LogP contribution in [0.2, 0.25) is 5.02 Å². The highest BCUT2D eigenvalue weighted by Gasteiger charge is 2.34. The smallest absolute Gasteiger partial charge is 0.166 e. The molecule has 0 aliphatic heterocycles. The van der Waals surface area contributed by atoms with Crippen LogP contribution in [-0.2, 0) is 0 Å². The first-order chi connectivity index (χ1) is 10.9. The number of alkyl halides is 3. The van der Waals surface area contributed by atoms with E-state index in [1.54, 1.807) is 6.08 Å². The molecule has 1 fully saturated rings. The first-order valence-electron chi connectivity index (χ1n) is 7.64. The van der Waals surface area contributed by atoms with E-state index in [1.807, 2.05) is 17.8 Å². The quantitative estimate of drug-likeness (QED) is 0.534. The zero-order valence-electron chi connectivity index (χ0n) is 12.9. The zero-order valence-corrected chi connectivity index (χ0v) is 14.5. The van der Waals surface area contributed by atoms with Crippen LogP contribution in [0.1, 0.15) is 31.2 Å². The molecule has 0 aromatic heterocycles. The molecule has 0 atom stereocenters. The zero-order chi connectivity index (χ0) is 16.9. The van der Waals surface area contributed by atoms with Gasteiger partial charge >= 0.3 is 6.18 Å². The number of thioether (sulfide) groups is 1. The Balaban J connectivity index is 2.09. The summed E-state index contributed by atoms with van der Waals surface area (Å²) in [5, 5.41) is 1.13. The lowest BCUT2D eigenvalue weighted by atomic mass is 9.88. The normalized spacial score (nSPS) is 23.4. The highest BCUT2D eigenvalue weighted by atomic mass is 35.5. The van der Waals surface area contributed by atoms with Gasteiger partial charge in [-0.2, -0.15) is 24.9 Å². The summed E-state index contributed by atoms with van der Waals surface area (Å²) in [7, 11) is 0. The first-order valence-corrected chi connectivity index (χ1v) is 9.31. The minimum absolute atomic E-state index is 0.137. The summed E-state index contributed by atoms with van der Waals surface area (Å²) in [5.41, 5.74) is -0.499. The van der Waals surface area contributed by atoms with Gasteiger partial charge in [-0.1, -0.05) is 35.9 Å². The van der Waals surface area contributed by atoms with Gasteiger partial charge in [0.05, 0.1) is 5.57 Å². The third-order valence-electron chi connectivity index (χ3n) is 4.16. The van der Waals surface area contributed by atoms with Crippen LogP contribution in [0.25, 0.3) is 5.57 Å². The van der Waals surface area contributed by atoms with Gasteiger partial charge < -0.3 is 0 Å². The van der Waals surface area contributed by atoms with E-state index in [-0.39, 0.29) is 5.56 Å². The maximum atomic E-state index is 13.2. The van der Waals surface area contributed by atoms with Crippen LogP contribution in [0.3, 0.4) is 0 Å². The van der Waals surface area contributed by atoms with E-state index in [9.17, 15) is 13.2 Å². The van der Waals surface area contributed by atoms with Gasteiger partial charge in [-0.15, -0.1) is 0 Å². The highest BCUT2D eigenvalue weighted by Crippen LogP contribution is 2.35. The fourth-order valence-corrected chi connectivity index (χ4v) is 3.68. The second kappa shape index (κ2) is 8.29. The van der Waals surface area contributed by atoms with Crippen molar-refractivity contribution in [3.05, 3.63) is 53.1 Å². The SMILES string of the molecule is CSC1CCC(/C=C/C=C(/c2ccc(Cl)cc2)C(F)(F)F)CC1. The Kier molecular flexibility index (Phi) is 6.66. The van der Waals surface area contributed by atoms with E-state index >= 15 is 0 Å². The van der Waals surface area contributed by atoms with Crippen LogP contribution in [0.15, 0.2) is 42.5 Å². The predicted molar refractivity (Wildman–Crippen MR) is 93.9 cm³/mol. The van der Waals surface area contributed by atoms with Gasteiger partial charge in [0.1, 0.15) is 0 Å². The second-order valence-electron chi connectivity index (χ2n) is 5.74. The van der Waals surface area contributed by atoms with E-state index in [1.165, 1.54) is 30.3 Å². The second-order valence-corrected chi connectivity index (χ2v) is 7.32. The van der Waals surface area contributed by atoms with E-state index < -0.39 is 11.7 Å². The molecule has 23 heavy (non-hydrogen) atoms. The average molecular weight is 361 g/mol. The molecular weight excluding hydrogens is 341 g/mol. The van der Waals surface area contributed by atoms with Crippen LogP contribution >= 0.6 is 23.4 Å².